The number of aromatic amines is 1. The molecule has 2 heterocycles. The SMILES string of the molecule is CO[C@@H]1CS(=O)(=O)C[C@H]1NC(=O)c1nc[nH]c1C. The lowest BCUT2D eigenvalue weighted by atomic mass is 10.2. The number of carbonyl (C=O) groups excluding carboxylic acids is 1. The maximum absolute atomic E-state index is 11.9. The van der Waals surface area contributed by atoms with Gasteiger partial charge in [-0.3, -0.25) is 4.79 Å². The molecule has 7 nitrogen and oxygen atoms in total. The summed E-state index contributed by atoms with van der Waals surface area (Å²) >= 11 is 0. The van der Waals surface area contributed by atoms with Crippen molar-refractivity contribution in [3.8, 4) is 0 Å². The van der Waals surface area contributed by atoms with E-state index < -0.39 is 27.9 Å². The van der Waals surface area contributed by atoms with Crippen molar-refractivity contribution in [2.45, 2.75) is 19.1 Å². The van der Waals surface area contributed by atoms with Gasteiger partial charge in [-0.25, -0.2) is 13.4 Å². The number of aryl methyl sites for hydroxylation is 1. The molecule has 2 N–H and O–H groups in total. The fourth-order valence-electron chi connectivity index (χ4n) is 2.01. The molecule has 2 atom stereocenters. The van der Waals surface area contributed by atoms with Crippen molar-refractivity contribution in [1.29, 1.82) is 0 Å². The highest BCUT2D eigenvalue weighted by Gasteiger charge is 2.39. The molecule has 18 heavy (non-hydrogen) atoms. The van der Waals surface area contributed by atoms with E-state index in [4.69, 9.17) is 4.74 Å². The van der Waals surface area contributed by atoms with Crippen LogP contribution >= 0.6 is 0 Å². The van der Waals surface area contributed by atoms with E-state index in [1.54, 1.807) is 6.92 Å². The molecule has 0 aromatic carbocycles. The van der Waals surface area contributed by atoms with E-state index in [2.05, 4.69) is 15.3 Å². The highest BCUT2D eigenvalue weighted by molar-refractivity contribution is 7.91. The molecule has 1 amide bonds. The van der Waals surface area contributed by atoms with Crippen LogP contribution in [0.4, 0.5) is 0 Å². The molecule has 0 aliphatic carbocycles. The summed E-state index contributed by atoms with van der Waals surface area (Å²) in [5.41, 5.74) is 0.913. The number of hydrogen-bond donors (Lipinski definition) is 2. The van der Waals surface area contributed by atoms with Gasteiger partial charge in [-0.2, -0.15) is 0 Å². The Labute approximate surface area is 105 Å². The largest absolute Gasteiger partial charge is 0.378 e. The molecule has 0 bridgehead atoms. The van der Waals surface area contributed by atoms with Crippen molar-refractivity contribution in [3.05, 3.63) is 17.7 Å². The van der Waals surface area contributed by atoms with E-state index in [0.717, 1.165) is 0 Å². The van der Waals surface area contributed by atoms with Crippen molar-refractivity contribution in [2.75, 3.05) is 18.6 Å². The number of imidazole rings is 1. The number of sulfone groups is 1. The van der Waals surface area contributed by atoms with E-state index in [-0.39, 0.29) is 17.2 Å². The molecule has 0 radical (unpaired) electrons. The lowest BCUT2D eigenvalue weighted by Gasteiger charge is -2.17. The Morgan fingerprint density at radius 1 is 1.56 bits per heavy atom. The zero-order valence-corrected chi connectivity index (χ0v) is 11.0. The van der Waals surface area contributed by atoms with Gasteiger partial charge in [-0.05, 0) is 6.92 Å². The number of amides is 1. The standard InChI is InChI=1S/C10H15N3O4S/c1-6-9(12-5-11-6)10(14)13-7-3-18(15,16)4-8(7)17-2/h5,7-8H,3-4H2,1-2H3,(H,11,12)(H,13,14)/t7-,8-/m1/s1. The van der Waals surface area contributed by atoms with Gasteiger partial charge >= 0.3 is 0 Å². The quantitative estimate of drug-likeness (QED) is 0.755. The first kappa shape index (κ1) is 13.0. The molecule has 1 aliphatic heterocycles. The second-order valence-electron chi connectivity index (χ2n) is 4.31. The van der Waals surface area contributed by atoms with Crippen molar-refractivity contribution in [1.82, 2.24) is 15.3 Å². The molecule has 1 aliphatic rings. The summed E-state index contributed by atoms with van der Waals surface area (Å²) in [4.78, 5) is 18.6. The molecule has 0 spiro atoms. The lowest BCUT2D eigenvalue weighted by molar-refractivity contribution is 0.0782. The van der Waals surface area contributed by atoms with E-state index >= 15 is 0 Å². The maximum Gasteiger partial charge on any atom is 0.272 e. The van der Waals surface area contributed by atoms with Gasteiger partial charge in [-0.1, -0.05) is 0 Å². The smallest absolute Gasteiger partial charge is 0.272 e. The summed E-state index contributed by atoms with van der Waals surface area (Å²) in [5.74, 6) is -0.549. The zero-order valence-electron chi connectivity index (χ0n) is 10.1. The van der Waals surface area contributed by atoms with E-state index in [0.29, 0.717) is 5.69 Å². The third-order valence-corrected chi connectivity index (χ3v) is 4.67. The fraction of sp³-hybridized carbons (Fsp3) is 0.600. The van der Waals surface area contributed by atoms with Crippen LogP contribution in [0, 0.1) is 6.92 Å². The normalized spacial score (nSPS) is 26.1. The molecule has 0 unspecified atom stereocenters. The number of H-pyrrole nitrogens is 1. The molecule has 1 saturated heterocycles. The van der Waals surface area contributed by atoms with Crippen LogP contribution in [0.3, 0.4) is 0 Å². The van der Waals surface area contributed by atoms with Gasteiger partial charge in [0.1, 0.15) is 5.69 Å². The van der Waals surface area contributed by atoms with Gasteiger partial charge < -0.3 is 15.0 Å². The monoisotopic (exact) mass is 273 g/mol. The molecular weight excluding hydrogens is 258 g/mol. The molecule has 8 heteroatoms. The zero-order chi connectivity index (χ0) is 13.3. The minimum absolute atomic E-state index is 0.0615. The van der Waals surface area contributed by atoms with E-state index in [1.807, 2.05) is 0 Å². The number of aromatic nitrogens is 2. The minimum atomic E-state index is -3.15. The van der Waals surface area contributed by atoms with Crippen LogP contribution in [0.2, 0.25) is 0 Å². The van der Waals surface area contributed by atoms with Crippen LogP contribution in [0.5, 0.6) is 0 Å². The number of rotatable bonds is 3. The van der Waals surface area contributed by atoms with Gasteiger partial charge in [0.2, 0.25) is 0 Å². The molecule has 1 fully saturated rings. The number of methoxy groups -OCH3 is 1. The Kier molecular flexibility index (Phi) is 3.40. The minimum Gasteiger partial charge on any atom is -0.378 e. The predicted octanol–water partition coefficient (Wildman–Crippen LogP) is -0.740. The second-order valence-corrected chi connectivity index (χ2v) is 6.46. The first-order chi connectivity index (χ1) is 8.43. The lowest BCUT2D eigenvalue weighted by Crippen LogP contribution is -2.43. The highest BCUT2D eigenvalue weighted by atomic mass is 32.2. The number of ether oxygens (including phenoxy) is 1. The third-order valence-electron chi connectivity index (χ3n) is 2.96. The van der Waals surface area contributed by atoms with Crippen molar-refractivity contribution >= 4 is 15.7 Å². The summed E-state index contributed by atoms with van der Waals surface area (Å²) in [5, 5.41) is 2.65. The first-order valence-corrected chi connectivity index (χ1v) is 7.29. The summed E-state index contributed by atoms with van der Waals surface area (Å²) in [6, 6.07) is -0.524. The number of carbonyl (C=O) groups is 1. The van der Waals surface area contributed by atoms with E-state index in [1.165, 1.54) is 13.4 Å². The number of nitrogens with one attached hydrogen (secondary N) is 2. The summed E-state index contributed by atoms with van der Waals surface area (Å²) in [6.45, 7) is 1.72. The van der Waals surface area contributed by atoms with Gasteiger partial charge in [0.15, 0.2) is 9.84 Å². The second kappa shape index (κ2) is 4.69. The Morgan fingerprint density at radius 3 is 2.83 bits per heavy atom. The van der Waals surface area contributed by atoms with Crippen LogP contribution in [0.1, 0.15) is 16.2 Å². The van der Waals surface area contributed by atoms with Gasteiger partial charge in [0, 0.05) is 12.8 Å². The molecular formula is C10H15N3O4S. The van der Waals surface area contributed by atoms with Gasteiger partial charge in [0.05, 0.1) is 30.0 Å². The van der Waals surface area contributed by atoms with Crippen LogP contribution in [0.15, 0.2) is 6.33 Å². The Balaban J connectivity index is 2.10. The van der Waals surface area contributed by atoms with Crippen LogP contribution in [-0.4, -0.2) is 55.1 Å². The molecule has 2 rings (SSSR count). The fourth-order valence-corrected chi connectivity index (χ4v) is 3.86. The summed E-state index contributed by atoms with van der Waals surface area (Å²) < 4.78 is 28.1. The predicted molar refractivity (Wildman–Crippen MR) is 64.0 cm³/mol. The first-order valence-electron chi connectivity index (χ1n) is 5.47. The number of hydrogen-bond acceptors (Lipinski definition) is 5. The van der Waals surface area contributed by atoms with E-state index in [9.17, 15) is 13.2 Å². The van der Waals surface area contributed by atoms with Crippen LogP contribution < -0.4 is 5.32 Å². The van der Waals surface area contributed by atoms with Gasteiger partial charge in [-0.15, -0.1) is 0 Å². The topological polar surface area (TPSA) is 101 Å². The average molecular weight is 273 g/mol. The highest BCUT2D eigenvalue weighted by Crippen LogP contribution is 2.16. The van der Waals surface area contributed by atoms with Crippen molar-refractivity contribution < 1.29 is 17.9 Å². The molecule has 1 aromatic heterocycles. The Morgan fingerprint density at radius 2 is 2.28 bits per heavy atom. The van der Waals surface area contributed by atoms with Crippen LogP contribution in [-0.2, 0) is 14.6 Å². The van der Waals surface area contributed by atoms with Crippen molar-refractivity contribution in [2.24, 2.45) is 0 Å². The third kappa shape index (κ3) is 2.54. The summed E-state index contributed by atoms with van der Waals surface area (Å²) in [7, 11) is -1.71. The molecule has 1 aromatic rings. The molecule has 0 saturated carbocycles. The number of nitrogens with zero attached hydrogens (tertiary/aromatic N) is 1. The maximum atomic E-state index is 11.9. The summed E-state index contributed by atoms with van der Waals surface area (Å²) in [6.07, 6.45) is 0.918. The average Bonchev–Trinajstić information content (AvgIpc) is 2.82. The molecule has 100 valence electrons. The van der Waals surface area contributed by atoms with Crippen molar-refractivity contribution in [3.63, 3.8) is 0 Å². The van der Waals surface area contributed by atoms with Crippen LogP contribution in [0.25, 0.3) is 0 Å². The van der Waals surface area contributed by atoms with Gasteiger partial charge in [0.25, 0.3) is 5.91 Å². The Hall–Kier alpha value is -1.41. The Bertz CT molecular complexity index is 551.